The Morgan fingerprint density at radius 3 is 2.43 bits per heavy atom. The fraction of sp³-hybridized carbons (Fsp3) is 0.500. The lowest BCUT2D eigenvalue weighted by molar-refractivity contribution is 0.474. The highest BCUT2D eigenvalue weighted by Gasteiger charge is 2.05. The van der Waals surface area contributed by atoms with Crippen LogP contribution in [0.2, 0.25) is 0 Å². The summed E-state index contributed by atoms with van der Waals surface area (Å²) in [5.41, 5.74) is 7.11. The highest BCUT2D eigenvalue weighted by Crippen LogP contribution is 2.07. The quantitative estimate of drug-likeness (QED) is 0.752. The topological polar surface area (TPSA) is 38.0 Å². The lowest BCUT2D eigenvalue weighted by atomic mass is 10.0. The summed E-state index contributed by atoms with van der Waals surface area (Å²) in [4.78, 5) is 0. The SMILES string of the molecule is CC(C)C(N)CCNc1ccccc1. The maximum absolute atomic E-state index is 5.94. The van der Waals surface area contributed by atoms with Gasteiger partial charge in [-0.15, -0.1) is 0 Å². The highest BCUT2D eigenvalue weighted by atomic mass is 14.9. The number of para-hydroxylation sites is 1. The van der Waals surface area contributed by atoms with Gasteiger partial charge in [-0.1, -0.05) is 32.0 Å². The molecule has 0 aliphatic carbocycles. The second-order valence-electron chi connectivity index (χ2n) is 3.99. The molecule has 0 bridgehead atoms. The van der Waals surface area contributed by atoms with Gasteiger partial charge in [-0.2, -0.15) is 0 Å². The van der Waals surface area contributed by atoms with Crippen LogP contribution < -0.4 is 11.1 Å². The molecule has 0 aliphatic heterocycles. The third-order valence-electron chi connectivity index (χ3n) is 2.44. The summed E-state index contributed by atoms with van der Waals surface area (Å²) in [5, 5.41) is 3.35. The van der Waals surface area contributed by atoms with Gasteiger partial charge in [0.15, 0.2) is 0 Å². The molecule has 0 spiro atoms. The van der Waals surface area contributed by atoms with Crippen molar-refractivity contribution in [2.24, 2.45) is 11.7 Å². The Morgan fingerprint density at radius 2 is 1.86 bits per heavy atom. The van der Waals surface area contributed by atoms with Crippen molar-refractivity contribution in [1.29, 1.82) is 0 Å². The Morgan fingerprint density at radius 1 is 1.21 bits per heavy atom. The van der Waals surface area contributed by atoms with Gasteiger partial charge in [0.1, 0.15) is 0 Å². The monoisotopic (exact) mass is 192 g/mol. The largest absolute Gasteiger partial charge is 0.385 e. The minimum Gasteiger partial charge on any atom is -0.385 e. The van der Waals surface area contributed by atoms with E-state index in [1.807, 2.05) is 18.2 Å². The number of hydrogen-bond acceptors (Lipinski definition) is 2. The normalized spacial score (nSPS) is 12.9. The molecule has 14 heavy (non-hydrogen) atoms. The Hall–Kier alpha value is -1.02. The van der Waals surface area contributed by atoms with E-state index in [4.69, 9.17) is 5.73 Å². The molecule has 0 aromatic heterocycles. The van der Waals surface area contributed by atoms with Crippen LogP contribution in [-0.2, 0) is 0 Å². The lowest BCUT2D eigenvalue weighted by Crippen LogP contribution is -2.28. The molecule has 0 heterocycles. The highest BCUT2D eigenvalue weighted by molar-refractivity contribution is 5.42. The van der Waals surface area contributed by atoms with E-state index in [1.54, 1.807) is 0 Å². The van der Waals surface area contributed by atoms with Gasteiger partial charge < -0.3 is 11.1 Å². The summed E-state index contributed by atoms with van der Waals surface area (Å²) in [6.45, 7) is 5.27. The van der Waals surface area contributed by atoms with E-state index in [1.165, 1.54) is 5.69 Å². The molecule has 1 aromatic rings. The van der Waals surface area contributed by atoms with Gasteiger partial charge in [0.05, 0.1) is 0 Å². The van der Waals surface area contributed by atoms with E-state index in [-0.39, 0.29) is 0 Å². The van der Waals surface area contributed by atoms with Gasteiger partial charge >= 0.3 is 0 Å². The van der Waals surface area contributed by atoms with Crippen molar-refractivity contribution >= 4 is 5.69 Å². The van der Waals surface area contributed by atoms with E-state index >= 15 is 0 Å². The fourth-order valence-corrected chi connectivity index (χ4v) is 1.27. The molecule has 0 fully saturated rings. The van der Waals surface area contributed by atoms with E-state index < -0.39 is 0 Å². The fourth-order valence-electron chi connectivity index (χ4n) is 1.27. The zero-order chi connectivity index (χ0) is 10.4. The number of rotatable bonds is 5. The molecule has 0 amide bonds. The third kappa shape index (κ3) is 3.79. The molecular weight excluding hydrogens is 172 g/mol. The molecule has 0 aliphatic rings. The molecule has 0 saturated heterocycles. The average Bonchev–Trinajstić information content (AvgIpc) is 2.19. The predicted octanol–water partition coefficient (Wildman–Crippen LogP) is 2.47. The summed E-state index contributed by atoms with van der Waals surface area (Å²) in [6, 6.07) is 10.5. The smallest absolute Gasteiger partial charge is 0.0340 e. The lowest BCUT2D eigenvalue weighted by Gasteiger charge is -2.15. The number of benzene rings is 1. The third-order valence-corrected chi connectivity index (χ3v) is 2.44. The van der Waals surface area contributed by atoms with Crippen LogP contribution in [-0.4, -0.2) is 12.6 Å². The first kappa shape index (κ1) is 11.1. The maximum Gasteiger partial charge on any atom is 0.0340 e. The summed E-state index contributed by atoms with van der Waals surface area (Å²) in [6.07, 6.45) is 1.02. The van der Waals surface area contributed by atoms with Crippen LogP contribution in [0.25, 0.3) is 0 Å². The molecule has 1 aromatic carbocycles. The minimum atomic E-state index is 0.297. The van der Waals surface area contributed by atoms with Crippen LogP contribution in [0.1, 0.15) is 20.3 Å². The molecule has 2 heteroatoms. The first-order chi connectivity index (χ1) is 6.70. The van der Waals surface area contributed by atoms with E-state index in [9.17, 15) is 0 Å². The summed E-state index contributed by atoms with van der Waals surface area (Å²) >= 11 is 0. The molecule has 1 rings (SSSR count). The van der Waals surface area contributed by atoms with Gasteiger partial charge in [-0.3, -0.25) is 0 Å². The number of hydrogen-bond donors (Lipinski definition) is 2. The summed E-state index contributed by atoms with van der Waals surface area (Å²) in [5.74, 6) is 0.563. The first-order valence-electron chi connectivity index (χ1n) is 5.24. The summed E-state index contributed by atoms with van der Waals surface area (Å²) < 4.78 is 0. The first-order valence-corrected chi connectivity index (χ1v) is 5.24. The summed E-state index contributed by atoms with van der Waals surface area (Å²) in [7, 11) is 0. The van der Waals surface area contributed by atoms with Gasteiger partial charge in [0, 0.05) is 18.3 Å². The van der Waals surface area contributed by atoms with E-state index in [2.05, 4.69) is 31.3 Å². The Bertz CT molecular complexity index is 244. The molecule has 78 valence electrons. The molecule has 1 atom stereocenters. The number of anilines is 1. The van der Waals surface area contributed by atoms with Crippen molar-refractivity contribution in [1.82, 2.24) is 0 Å². The Balaban J connectivity index is 2.22. The zero-order valence-corrected chi connectivity index (χ0v) is 9.03. The second kappa shape index (κ2) is 5.66. The number of nitrogens with two attached hydrogens (primary N) is 1. The predicted molar refractivity (Wildman–Crippen MR) is 62.4 cm³/mol. The molecule has 3 N–H and O–H groups in total. The molecule has 1 unspecified atom stereocenters. The van der Waals surface area contributed by atoms with Crippen molar-refractivity contribution in [3.8, 4) is 0 Å². The van der Waals surface area contributed by atoms with Crippen molar-refractivity contribution in [2.75, 3.05) is 11.9 Å². The van der Waals surface area contributed by atoms with Crippen LogP contribution in [0, 0.1) is 5.92 Å². The molecular formula is C12H20N2. The average molecular weight is 192 g/mol. The van der Waals surface area contributed by atoms with Crippen LogP contribution in [0.5, 0.6) is 0 Å². The van der Waals surface area contributed by atoms with Gasteiger partial charge in [0.2, 0.25) is 0 Å². The van der Waals surface area contributed by atoms with Crippen molar-refractivity contribution < 1.29 is 0 Å². The van der Waals surface area contributed by atoms with Crippen LogP contribution >= 0.6 is 0 Å². The van der Waals surface area contributed by atoms with Gasteiger partial charge in [-0.05, 0) is 24.5 Å². The maximum atomic E-state index is 5.94. The minimum absolute atomic E-state index is 0.297. The van der Waals surface area contributed by atoms with Crippen molar-refractivity contribution in [2.45, 2.75) is 26.3 Å². The Labute approximate surface area is 86.5 Å². The number of nitrogens with one attached hydrogen (secondary N) is 1. The molecule has 2 nitrogen and oxygen atoms in total. The van der Waals surface area contributed by atoms with Crippen molar-refractivity contribution in [3.05, 3.63) is 30.3 Å². The molecule has 0 radical (unpaired) electrons. The Kier molecular flexibility index (Phi) is 4.47. The van der Waals surface area contributed by atoms with E-state index in [0.717, 1.165) is 13.0 Å². The second-order valence-corrected chi connectivity index (χ2v) is 3.99. The van der Waals surface area contributed by atoms with Gasteiger partial charge in [0.25, 0.3) is 0 Å². The van der Waals surface area contributed by atoms with Crippen LogP contribution in [0.3, 0.4) is 0 Å². The van der Waals surface area contributed by atoms with Crippen molar-refractivity contribution in [3.63, 3.8) is 0 Å². The standard InChI is InChI=1S/C12H20N2/c1-10(2)12(13)8-9-14-11-6-4-3-5-7-11/h3-7,10,12,14H,8-9,13H2,1-2H3. The zero-order valence-electron chi connectivity index (χ0n) is 9.03. The van der Waals surface area contributed by atoms with Crippen LogP contribution in [0.4, 0.5) is 5.69 Å². The van der Waals surface area contributed by atoms with Gasteiger partial charge in [-0.25, -0.2) is 0 Å². The molecule has 0 saturated carbocycles. The van der Waals surface area contributed by atoms with E-state index in [0.29, 0.717) is 12.0 Å². The van der Waals surface area contributed by atoms with Crippen LogP contribution in [0.15, 0.2) is 30.3 Å².